The van der Waals surface area contributed by atoms with E-state index in [9.17, 15) is 4.79 Å². The highest BCUT2D eigenvalue weighted by atomic mass is 32.2. The highest BCUT2D eigenvalue weighted by Crippen LogP contribution is 2.20. The Morgan fingerprint density at radius 2 is 2.24 bits per heavy atom. The Morgan fingerprint density at radius 3 is 2.90 bits per heavy atom. The van der Waals surface area contributed by atoms with Crippen molar-refractivity contribution < 1.29 is 4.79 Å². The number of H-pyrrole nitrogens is 1. The van der Waals surface area contributed by atoms with E-state index in [0.717, 1.165) is 4.88 Å². The SMILES string of the molecule is CC(C)NC(=O)C(C)Sc1n[nH]c(/C=C/c2cccs2)n1. The molecule has 0 saturated carbocycles. The van der Waals surface area contributed by atoms with Crippen LogP contribution < -0.4 is 5.32 Å². The lowest BCUT2D eigenvalue weighted by atomic mass is 10.3. The Bertz CT molecular complexity index is 604. The first-order chi connectivity index (χ1) is 10.0. The van der Waals surface area contributed by atoms with Crippen molar-refractivity contribution in [2.24, 2.45) is 0 Å². The van der Waals surface area contributed by atoms with E-state index in [0.29, 0.717) is 11.0 Å². The molecule has 0 radical (unpaired) electrons. The number of thiophene rings is 1. The summed E-state index contributed by atoms with van der Waals surface area (Å²) in [6.07, 6.45) is 3.86. The summed E-state index contributed by atoms with van der Waals surface area (Å²) < 4.78 is 0. The predicted octanol–water partition coefficient (Wildman–Crippen LogP) is 3.04. The lowest BCUT2D eigenvalue weighted by molar-refractivity contribution is -0.120. The zero-order valence-electron chi connectivity index (χ0n) is 12.2. The number of amides is 1. The molecule has 2 aromatic rings. The number of rotatable bonds is 6. The van der Waals surface area contributed by atoms with E-state index < -0.39 is 0 Å². The summed E-state index contributed by atoms with van der Waals surface area (Å²) in [5, 5.41) is 12.2. The topological polar surface area (TPSA) is 70.7 Å². The van der Waals surface area contributed by atoms with E-state index in [1.165, 1.54) is 11.8 Å². The fourth-order valence-electron chi connectivity index (χ4n) is 1.55. The molecule has 1 unspecified atom stereocenters. The predicted molar refractivity (Wildman–Crippen MR) is 88.2 cm³/mol. The quantitative estimate of drug-likeness (QED) is 0.802. The largest absolute Gasteiger partial charge is 0.353 e. The second kappa shape index (κ2) is 7.42. The molecule has 5 nitrogen and oxygen atoms in total. The summed E-state index contributed by atoms with van der Waals surface area (Å²) in [6, 6.07) is 4.17. The van der Waals surface area contributed by atoms with Gasteiger partial charge in [-0.25, -0.2) is 4.98 Å². The molecule has 0 aliphatic carbocycles. The normalized spacial score (nSPS) is 13.0. The van der Waals surface area contributed by atoms with Gasteiger partial charge in [0.1, 0.15) is 5.82 Å². The van der Waals surface area contributed by atoms with Crippen LogP contribution in [0.15, 0.2) is 22.7 Å². The molecule has 0 aliphatic heterocycles. The van der Waals surface area contributed by atoms with Crippen molar-refractivity contribution in [1.29, 1.82) is 0 Å². The van der Waals surface area contributed by atoms with Gasteiger partial charge in [0.05, 0.1) is 5.25 Å². The smallest absolute Gasteiger partial charge is 0.233 e. The van der Waals surface area contributed by atoms with Gasteiger partial charge in [0.15, 0.2) is 0 Å². The van der Waals surface area contributed by atoms with E-state index >= 15 is 0 Å². The van der Waals surface area contributed by atoms with Crippen LogP contribution in [0.2, 0.25) is 0 Å². The Kier molecular flexibility index (Phi) is 5.58. The molecular weight excluding hydrogens is 304 g/mol. The van der Waals surface area contributed by atoms with Gasteiger partial charge in [0.2, 0.25) is 11.1 Å². The van der Waals surface area contributed by atoms with E-state index in [1.807, 2.05) is 50.4 Å². The summed E-state index contributed by atoms with van der Waals surface area (Å²) in [6.45, 7) is 5.73. The molecule has 0 aliphatic rings. The molecule has 0 spiro atoms. The van der Waals surface area contributed by atoms with E-state index in [2.05, 4.69) is 20.5 Å². The maximum absolute atomic E-state index is 11.8. The minimum atomic E-state index is -0.225. The molecule has 2 N–H and O–H groups in total. The van der Waals surface area contributed by atoms with Gasteiger partial charge < -0.3 is 5.32 Å². The van der Waals surface area contributed by atoms with Gasteiger partial charge >= 0.3 is 0 Å². The number of carbonyl (C=O) groups excluding carboxylic acids is 1. The third-order valence-electron chi connectivity index (χ3n) is 2.51. The maximum Gasteiger partial charge on any atom is 0.233 e. The molecule has 1 amide bonds. The van der Waals surface area contributed by atoms with Crippen molar-refractivity contribution in [1.82, 2.24) is 20.5 Å². The van der Waals surface area contributed by atoms with Gasteiger partial charge in [-0.15, -0.1) is 16.4 Å². The number of thioether (sulfide) groups is 1. The second-order valence-electron chi connectivity index (χ2n) is 4.78. The van der Waals surface area contributed by atoms with E-state index in [-0.39, 0.29) is 17.2 Å². The minimum Gasteiger partial charge on any atom is -0.353 e. The molecule has 0 bridgehead atoms. The van der Waals surface area contributed by atoms with Crippen molar-refractivity contribution in [3.63, 3.8) is 0 Å². The fraction of sp³-hybridized carbons (Fsp3) is 0.357. The van der Waals surface area contributed by atoms with E-state index in [4.69, 9.17) is 0 Å². The average molecular weight is 322 g/mol. The first-order valence-corrected chi connectivity index (χ1v) is 8.41. The first kappa shape index (κ1) is 15.8. The Balaban J connectivity index is 1.92. The van der Waals surface area contributed by atoms with Crippen LogP contribution in [-0.2, 0) is 4.79 Å². The number of hydrogen-bond acceptors (Lipinski definition) is 5. The van der Waals surface area contributed by atoms with Gasteiger partial charge in [0, 0.05) is 10.9 Å². The molecule has 2 heterocycles. The van der Waals surface area contributed by atoms with Crippen molar-refractivity contribution in [2.45, 2.75) is 37.2 Å². The van der Waals surface area contributed by atoms with Crippen LogP contribution in [0, 0.1) is 0 Å². The summed E-state index contributed by atoms with van der Waals surface area (Å²) in [4.78, 5) is 17.3. The molecule has 0 fully saturated rings. The molecule has 7 heteroatoms. The summed E-state index contributed by atoms with van der Waals surface area (Å²) in [5.74, 6) is 0.679. The number of nitrogens with one attached hydrogen (secondary N) is 2. The summed E-state index contributed by atoms with van der Waals surface area (Å²) >= 11 is 3.00. The molecule has 1 atom stereocenters. The van der Waals surface area contributed by atoms with Crippen molar-refractivity contribution >= 4 is 41.2 Å². The van der Waals surface area contributed by atoms with Crippen molar-refractivity contribution in [2.75, 3.05) is 0 Å². The van der Waals surface area contributed by atoms with Gasteiger partial charge in [0.25, 0.3) is 0 Å². The Hall–Kier alpha value is -1.60. The van der Waals surface area contributed by atoms with Crippen LogP contribution in [0.4, 0.5) is 0 Å². The molecule has 112 valence electrons. The monoisotopic (exact) mass is 322 g/mol. The second-order valence-corrected chi connectivity index (χ2v) is 7.06. The Labute approximate surface area is 132 Å². The summed E-state index contributed by atoms with van der Waals surface area (Å²) in [7, 11) is 0. The maximum atomic E-state index is 11.8. The standard InChI is InChI=1S/C14H18N4OS2/c1-9(2)15-13(19)10(3)21-14-16-12(17-18-14)7-6-11-5-4-8-20-11/h4-10H,1-3H3,(H,15,19)(H,16,17,18)/b7-6+. The fourth-order valence-corrected chi connectivity index (χ4v) is 2.90. The van der Waals surface area contributed by atoms with Gasteiger partial charge in [-0.2, -0.15) is 0 Å². The zero-order chi connectivity index (χ0) is 15.2. The van der Waals surface area contributed by atoms with Crippen molar-refractivity contribution in [3.05, 3.63) is 28.2 Å². The highest BCUT2D eigenvalue weighted by Gasteiger charge is 2.17. The molecule has 2 aromatic heterocycles. The highest BCUT2D eigenvalue weighted by molar-refractivity contribution is 8.00. The number of carbonyl (C=O) groups is 1. The minimum absolute atomic E-state index is 0.00419. The molecule has 0 saturated heterocycles. The van der Waals surface area contributed by atoms with Crippen LogP contribution >= 0.6 is 23.1 Å². The lowest BCUT2D eigenvalue weighted by Gasteiger charge is -2.12. The van der Waals surface area contributed by atoms with Gasteiger partial charge in [-0.05, 0) is 44.4 Å². The zero-order valence-corrected chi connectivity index (χ0v) is 13.8. The van der Waals surface area contributed by atoms with Crippen LogP contribution in [0.3, 0.4) is 0 Å². The average Bonchev–Trinajstić information content (AvgIpc) is 3.06. The molecular formula is C14H18N4OS2. The number of aromatic nitrogens is 3. The lowest BCUT2D eigenvalue weighted by Crippen LogP contribution is -2.35. The third kappa shape index (κ3) is 5.02. The van der Waals surface area contributed by atoms with Crippen LogP contribution in [0.1, 0.15) is 31.5 Å². The number of aromatic amines is 1. The van der Waals surface area contributed by atoms with Crippen LogP contribution in [0.5, 0.6) is 0 Å². The molecule has 21 heavy (non-hydrogen) atoms. The van der Waals surface area contributed by atoms with E-state index in [1.54, 1.807) is 11.3 Å². The number of nitrogens with zero attached hydrogens (tertiary/aromatic N) is 2. The molecule has 0 aromatic carbocycles. The molecule has 2 rings (SSSR count). The van der Waals surface area contributed by atoms with Crippen LogP contribution in [0.25, 0.3) is 12.2 Å². The Morgan fingerprint density at radius 1 is 1.43 bits per heavy atom. The van der Waals surface area contributed by atoms with Gasteiger partial charge in [-0.3, -0.25) is 9.89 Å². The van der Waals surface area contributed by atoms with Crippen LogP contribution in [-0.4, -0.2) is 32.4 Å². The number of hydrogen-bond donors (Lipinski definition) is 2. The van der Waals surface area contributed by atoms with Gasteiger partial charge in [-0.1, -0.05) is 17.8 Å². The third-order valence-corrected chi connectivity index (χ3v) is 4.31. The first-order valence-electron chi connectivity index (χ1n) is 6.65. The summed E-state index contributed by atoms with van der Waals surface area (Å²) in [5.41, 5.74) is 0. The van der Waals surface area contributed by atoms with Crippen molar-refractivity contribution in [3.8, 4) is 0 Å².